The van der Waals surface area contributed by atoms with Gasteiger partial charge in [0.25, 0.3) is 0 Å². The average molecular weight is 295 g/mol. The second-order valence-corrected chi connectivity index (χ2v) is 4.73. The Morgan fingerprint density at radius 1 is 1.16 bits per heavy atom. The van der Waals surface area contributed by atoms with Gasteiger partial charge in [0.2, 0.25) is 0 Å². The first kappa shape index (κ1) is 13.7. The molecule has 0 aliphatic carbocycles. The normalized spacial score (nSPS) is 11.7. The minimum atomic E-state index is -0.628. The lowest BCUT2D eigenvalue weighted by molar-refractivity contribution is 0.627. The minimum Gasteiger partial charge on any atom is -0.366 e. The van der Waals surface area contributed by atoms with Gasteiger partial charge >= 0.3 is 0 Å². The molecule has 2 aromatic rings. The number of nitrogens with one attached hydrogen (secondary N) is 1. The van der Waals surface area contributed by atoms with Crippen molar-refractivity contribution in [3.8, 4) is 6.07 Å². The van der Waals surface area contributed by atoms with Crippen molar-refractivity contribution in [1.82, 2.24) is 0 Å². The summed E-state index contributed by atoms with van der Waals surface area (Å²) in [6.45, 7) is 0. The van der Waals surface area contributed by atoms with Crippen molar-refractivity contribution >= 4 is 28.9 Å². The fraction of sp³-hybridized carbons (Fsp3) is 0.0714. The monoisotopic (exact) mass is 294 g/mol. The second kappa shape index (κ2) is 5.92. The van der Waals surface area contributed by atoms with E-state index < -0.39 is 11.9 Å². The molecule has 5 heteroatoms. The molecule has 2 nitrogen and oxygen atoms in total. The predicted octanol–water partition coefficient (Wildman–Crippen LogP) is 4.81. The van der Waals surface area contributed by atoms with Crippen molar-refractivity contribution in [2.45, 2.75) is 6.04 Å². The number of hydrogen-bond donors (Lipinski definition) is 1. The number of nitrogens with zero attached hydrogens (tertiary/aromatic N) is 1. The third-order valence-electron chi connectivity index (χ3n) is 2.54. The highest BCUT2D eigenvalue weighted by Crippen LogP contribution is 2.24. The van der Waals surface area contributed by atoms with Crippen LogP contribution in [0, 0.1) is 17.1 Å². The maximum Gasteiger partial charge on any atom is 0.141 e. The lowest BCUT2D eigenvalue weighted by Crippen LogP contribution is -2.08. The van der Waals surface area contributed by atoms with E-state index >= 15 is 0 Å². The van der Waals surface area contributed by atoms with Crippen LogP contribution in [0.25, 0.3) is 0 Å². The maximum atomic E-state index is 13.1. The number of nitriles is 1. The Kier molecular flexibility index (Phi) is 4.26. The Labute approximate surface area is 120 Å². The number of hydrogen-bond acceptors (Lipinski definition) is 2. The molecular formula is C14H9Cl2FN2. The topological polar surface area (TPSA) is 35.8 Å². The molecule has 1 unspecified atom stereocenters. The van der Waals surface area contributed by atoms with Crippen LogP contribution in [-0.2, 0) is 0 Å². The molecule has 0 amide bonds. The van der Waals surface area contributed by atoms with Gasteiger partial charge < -0.3 is 5.32 Å². The van der Waals surface area contributed by atoms with Gasteiger partial charge in [-0.2, -0.15) is 5.26 Å². The molecular weight excluding hydrogens is 286 g/mol. The first-order valence-electron chi connectivity index (χ1n) is 5.47. The van der Waals surface area contributed by atoms with Gasteiger partial charge in [0.05, 0.1) is 11.1 Å². The van der Waals surface area contributed by atoms with E-state index in [0.29, 0.717) is 16.3 Å². The molecule has 2 rings (SSSR count). The lowest BCUT2D eigenvalue weighted by atomic mass is 10.1. The summed E-state index contributed by atoms with van der Waals surface area (Å²) in [7, 11) is 0. The van der Waals surface area contributed by atoms with Crippen LogP contribution in [0.1, 0.15) is 11.6 Å². The van der Waals surface area contributed by atoms with Gasteiger partial charge in [0.1, 0.15) is 11.9 Å². The number of rotatable bonds is 3. The quantitative estimate of drug-likeness (QED) is 0.882. The molecule has 1 N–H and O–H groups in total. The van der Waals surface area contributed by atoms with E-state index in [0.717, 1.165) is 0 Å². The van der Waals surface area contributed by atoms with Gasteiger partial charge in [-0.25, -0.2) is 4.39 Å². The zero-order chi connectivity index (χ0) is 13.8. The van der Waals surface area contributed by atoms with Gasteiger partial charge in [-0.15, -0.1) is 0 Å². The highest BCUT2D eigenvalue weighted by atomic mass is 35.5. The molecule has 2 aromatic carbocycles. The van der Waals surface area contributed by atoms with Crippen LogP contribution in [0.3, 0.4) is 0 Å². The molecule has 0 aromatic heterocycles. The molecule has 0 bridgehead atoms. The fourth-order valence-electron chi connectivity index (χ4n) is 1.63. The van der Waals surface area contributed by atoms with Gasteiger partial charge in [0.15, 0.2) is 0 Å². The molecule has 1 atom stereocenters. The SMILES string of the molecule is N#CC(Nc1cccc(Cl)c1)c1ccc(F)c(Cl)c1. The van der Waals surface area contributed by atoms with Crippen LogP contribution in [0.5, 0.6) is 0 Å². The van der Waals surface area contributed by atoms with Crippen molar-refractivity contribution in [3.63, 3.8) is 0 Å². The van der Waals surface area contributed by atoms with Crippen molar-refractivity contribution in [3.05, 3.63) is 63.9 Å². The summed E-state index contributed by atoms with van der Waals surface area (Å²) in [5, 5.41) is 12.8. The van der Waals surface area contributed by atoms with Gasteiger partial charge in [-0.3, -0.25) is 0 Å². The van der Waals surface area contributed by atoms with Crippen LogP contribution in [0.4, 0.5) is 10.1 Å². The third kappa shape index (κ3) is 3.37. The average Bonchev–Trinajstić information content (AvgIpc) is 2.39. The Bertz CT molecular complexity index is 638. The van der Waals surface area contributed by atoms with E-state index in [9.17, 15) is 9.65 Å². The summed E-state index contributed by atoms with van der Waals surface area (Å²) in [6, 6.07) is 12.7. The predicted molar refractivity (Wildman–Crippen MR) is 74.8 cm³/mol. The van der Waals surface area contributed by atoms with Gasteiger partial charge in [-0.05, 0) is 35.9 Å². The Balaban J connectivity index is 2.25. The van der Waals surface area contributed by atoms with E-state index in [1.165, 1.54) is 18.2 Å². The highest BCUT2D eigenvalue weighted by Gasteiger charge is 2.12. The molecule has 0 heterocycles. The Morgan fingerprint density at radius 3 is 2.58 bits per heavy atom. The molecule has 0 saturated carbocycles. The zero-order valence-electron chi connectivity index (χ0n) is 9.70. The van der Waals surface area contributed by atoms with Crippen molar-refractivity contribution in [2.24, 2.45) is 0 Å². The third-order valence-corrected chi connectivity index (χ3v) is 3.07. The standard InChI is InChI=1S/C14H9Cl2FN2/c15-10-2-1-3-11(7-10)19-14(8-18)9-4-5-13(17)12(16)6-9/h1-7,14,19H. The van der Waals surface area contributed by atoms with Crippen molar-refractivity contribution < 1.29 is 4.39 Å². The number of anilines is 1. The molecule has 0 saturated heterocycles. The summed E-state index contributed by atoms with van der Waals surface area (Å²) in [5.74, 6) is -0.509. The summed E-state index contributed by atoms with van der Waals surface area (Å²) >= 11 is 11.6. The zero-order valence-corrected chi connectivity index (χ0v) is 11.2. The van der Waals surface area contributed by atoms with E-state index in [-0.39, 0.29) is 5.02 Å². The fourth-order valence-corrected chi connectivity index (χ4v) is 2.01. The van der Waals surface area contributed by atoms with E-state index in [4.69, 9.17) is 23.2 Å². The molecule has 19 heavy (non-hydrogen) atoms. The summed E-state index contributed by atoms with van der Waals surface area (Å²) in [6.07, 6.45) is 0. The highest BCUT2D eigenvalue weighted by molar-refractivity contribution is 6.31. The lowest BCUT2D eigenvalue weighted by Gasteiger charge is -2.14. The first-order chi connectivity index (χ1) is 9.10. The van der Waals surface area contributed by atoms with Crippen LogP contribution in [0.15, 0.2) is 42.5 Å². The molecule has 0 radical (unpaired) electrons. The number of benzene rings is 2. The molecule has 96 valence electrons. The van der Waals surface area contributed by atoms with E-state index in [1.807, 2.05) is 0 Å². The molecule has 0 aliphatic heterocycles. The van der Waals surface area contributed by atoms with Crippen LogP contribution in [-0.4, -0.2) is 0 Å². The second-order valence-electron chi connectivity index (χ2n) is 3.89. The first-order valence-corrected chi connectivity index (χ1v) is 6.22. The molecule has 0 aliphatic rings. The van der Waals surface area contributed by atoms with Crippen LogP contribution in [0.2, 0.25) is 10.0 Å². The van der Waals surface area contributed by atoms with Crippen LogP contribution >= 0.6 is 23.2 Å². The minimum absolute atomic E-state index is 0.00866. The molecule has 0 spiro atoms. The largest absolute Gasteiger partial charge is 0.366 e. The van der Waals surface area contributed by atoms with Crippen molar-refractivity contribution in [2.75, 3.05) is 5.32 Å². The van der Waals surface area contributed by atoms with Crippen molar-refractivity contribution in [1.29, 1.82) is 5.26 Å². The Morgan fingerprint density at radius 2 is 1.95 bits per heavy atom. The van der Waals surface area contributed by atoms with E-state index in [2.05, 4.69) is 11.4 Å². The van der Waals surface area contributed by atoms with Gasteiger partial charge in [0, 0.05) is 10.7 Å². The van der Waals surface area contributed by atoms with Gasteiger partial charge in [-0.1, -0.05) is 35.3 Å². The van der Waals surface area contributed by atoms with E-state index in [1.54, 1.807) is 24.3 Å². The summed E-state index contributed by atoms with van der Waals surface area (Å²) < 4.78 is 13.1. The smallest absolute Gasteiger partial charge is 0.141 e. The Hall–Kier alpha value is -1.76. The van der Waals surface area contributed by atoms with Crippen LogP contribution < -0.4 is 5.32 Å². The number of halogens is 3. The maximum absolute atomic E-state index is 13.1. The summed E-state index contributed by atoms with van der Waals surface area (Å²) in [5.41, 5.74) is 1.30. The molecule has 0 fully saturated rings. The summed E-state index contributed by atoms with van der Waals surface area (Å²) in [4.78, 5) is 0.